The summed E-state index contributed by atoms with van der Waals surface area (Å²) in [6.07, 6.45) is -4.62. The van der Waals surface area contributed by atoms with Gasteiger partial charge in [-0.3, -0.25) is 14.5 Å². The maximum absolute atomic E-state index is 12.1. The maximum Gasteiger partial charge on any atom is 0.401 e. The minimum absolute atomic E-state index is 0.143. The third kappa shape index (κ3) is 8.49. The van der Waals surface area contributed by atoms with Crippen molar-refractivity contribution in [3.63, 3.8) is 0 Å². The first-order chi connectivity index (χ1) is 7.61. The number of aliphatic carboxylic acids is 1. The molecule has 0 saturated heterocycles. The van der Waals surface area contributed by atoms with E-state index in [1.165, 1.54) is 19.0 Å². The summed E-state index contributed by atoms with van der Waals surface area (Å²) in [7, 11) is 2.96. The third-order valence-corrected chi connectivity index (χ3v) is 1.90. The van der Waals surface area contributed by atoms with Crippen molar-refractivity contribution in [2.75, 3.05) is 33.7 Å². The molecule has 0 heterocycles. The number of hydrogen-bond donors (Lipinski definition) is 1. The predicted octanol–water partition coefficient (Wildman–Crippen LogP) is 0.414. The minimum atomic E-state index is -4.48. The largest absolute Gasteiger partial charge is 0.480 e. The Kier molecular flexibility index (Phi) is 5.94. The molecule has 1 N–H and O–H groups in total. The number of alkyl halides is 3. The average Bonchev–Trinajstić information content (AvgIpc) is 2.09. The van der Waals surface area contributed by atoms with Crippen LogP contribution >= 0.6 is 0 Å². The predicted molar refractivity (Wildman–Crippen MR) is 53.4 cm³/mol. The van der Waals surface area contributed by atoms with E-state index in [1.807, 2.05) is 0 Å². The molecule has 8 heteroatoms. The van der Waals surface area contributed by atoms with Crippen molar-refractivity contribution in [1.29, 1.82) is 0 Å². The van der Waals surface area contributed by atoms with Gasteiger partial charge in [-0.05, 0) is 0 Å². The van der Waals surface area contributed by atoms with Gasteiger partial charge in [-0.2, -0.15) is 13.2 Å². The molecule has 0 aromatic rings. The topological polar surface area (TPSA) is 60.9 Å². The molecule has 0 aromatic carbocycles. The lowest BCUT2D eigenvalue weighted by Gasteiger charge is -2.22. The molecule has 100 valence electrons. The van der Waals surface area contributed by atoms with Crippen molar-refractivity contribution >= 4 is 11.9 Å². The van der Waals surface area contributed by atoms with E-state index in [4.69, 9.17) is 5.11 Å². The van der Waals surface area contributed by atoms with Crippen LogP contribution in [0.2, 0.25) is 0 Å². The normalized spacial score (nSPS) is 11.6. The fourth-order valence-electron chi connectivity index (χ4n) is 1.14. The fraction of sp³-hybridized carbons (Fsp3) is 0.778. The first kappa shape index (κ1) is 15.7. The molecule has 0 saturated carbocycles. The van der Waals surface area contributed by atoms with Gasteiger partial charge >= 0.3 is 12.1 Å². The van der Waals surface area contributed by atoms with Gasteiger partial charge in [-0.25, -0.2) is 0 Å². The van der Waals surface area contributed by atoms with Crippen molar-refractivity contribution in [1.82, 2.24) is 9.80 Å². The van der Waals surface area contributed by atoms with E-state index in [0.29, 0.717) is 4.90 Å². The van der Waals surface area contributed by atoms with Gasteiger partial charge in [-0.1, -0.05) is 0 Å². The lowest BCUT2D eigenvalue weighted by atomic mass is 10.3. The van der Waals surface area contributed by atoms with Crippen LogP contribution in [-0.4, -0.2) is 66.7 Å². The summed E-state index contributed by atoms with van der Waals surface area (Å²) < 4.78 is 36.3. The third-order valence-electron chi connectivity index (χ3n) is 1.90. The van der Waals surface area contributed by atoms with Gasteiger partial charge in [-0.15, -0.1) is 0 Å². The van der Waals surface area contributed by atoms with Gasteiger partial charge in [0.2, 0.25) is 5.91 Å². The second-order valence-corrected chi connectivity index (χ2v) is 3.76. The highest BCUT2D eigenvalue weighted by Gasteiger charge is 2.31. The smallest absolute Gasteiger partial charge is 0.401 e. The van der Waals surface area contributed by atoms with Gasteiger partial charge in [0.1, 0.15) is 0 Å². The molecule has 0 rings (SSSR count). The first-order valence-electron chi connectivity index (χ1n) is 4.83. The summed E-state index contributed by atoms with van der Waals surface area (Å²) in [6.45, 7) is -2.30. The van der Waals surface area contributed by atoms with Crippen LogP contribution in [0.25, 0.3) is 0 Å². The lowest BCUT2D eigenvalue weighted by Crippen LogP contribution is -2.40. The number of carbonyl (C=O) groups is 2. The van der Waals surface area contributed by atoms with Crippen LogP contribution in [0.4, 0.5) is 13.2 Å². The zero-order valence-electron chi connectivity index (χ0n) is 9.62. The first-order valence-corrected chi connectivity index (χ1v) is 4.83. The highest BCUT2D eigenvalue weighted by molar-refractivity contribution is 5.75. The van der Waals surface area contributed by atoms with E-state index < -0.39 is 25.2 Å². The van der Waals surface area contributed by atoms with Gasteiger partial charge in [0.15, 0.2) is 0 Å². The molecule has 1 amide bonds. The van der Waals surface area contributed by atoms with E-state index in [0.717, 1.165) is 0 Å². The van der Waals surface area contributed by atoms with Crippen molar-refractivity contribution in [2.45, 2.75) is 12.6 Å². The van der Waals surface area contributed by atoms with Crippen molar-refractivity contribution in [2.24, 2.45) is 0 Å². The molecule has 0 fully saturated rings. The molecule has 0 radical (unpaired) electrons. The number of carbonyl (C=O) groups excluding carboxylic acids is 1. The Labute approximate surface area is 96.8 Å². The maximum atomic E-state index is 12.1. The molecule has 0 unspecified atom stereocenters. The van der Waals surface area contributed by atoms with Crippen LogP contribution in [-0.2, 0) is 9.59 Å². The summed E-state index contributed by atoms with van der Waals surface area (Å²) in [5, 5.41) is 8.45. The number of rotatable bonds is 6. The number of amides is 1. The minimum Gasteiger partial charge on any atom is -0.480 e. The molecular formula is C9H15F3N2O3. The Bertz CT molecular complexity index is 279. The Morgan fingerprint density at radius 3 is 2.12 bits per heavy atom. The Morgan fingerprint density at radius 2 is 1.76 bits per heavy atom. The molecule has 0 spiro atoms. The SMILES string of the molecule is CN(C)C(=O)CCN(CC(=O)O)CC(F)(F)F. The van der Waals surface area contributed by atoms with Gasteiger partial charge in [0.05, 0.1) is 13.1 Å². The summed E-state index contributed by atoms with van der Waals surface area (Å²) in [5.74, 6) is -1.70. The van der Waals surface area contributed by atoms with Gasteiger partial charge in [0.25, 0.3) is 0 Å². The second-order valence-electron chi connectivity index (χ2n) is 3.76. The number of nitrogens with zero attached hydrogens (tertiary/aromatic N) is 2. The highest BCUT2D eigenvalue weighted by atomic mass is 19.4. The Hall–Kier alpha value is -1.31. The summed E-state index contributed by atoms with van der Waals surface area (Å²) in [4.78, 5) is 23.5. The molecule has 0 aromatic heterocycles. The standard InChI is InChI=1S/C9H15F3N2O3/c1-13(2)7(15)3-4-14(5-8(16)17)6-9(10,11)12/h3-6H2,1-2H3,(H,16,17). The van der Waals surface area contributed by atoms with Crippen LogP contribution in [0.5, 0.6) is 0 Å². The van der Waals surface area contributed by atoms with Crippen molar-refractivity contribution in [3.05, 3.63) is 0 Å². The van der Waals surface area contributed by atoms with Gasteiger partial charge in [0, 0.05) is 27.1 Å². The van der Waals surface area contributed by atoms with Crippen LogP contribution in [0.15, 0.2) is 0 Å². The van der Waals surface area contributed by atoms with E-state index >= 15 is 0 Å². The molecule has 17 heavy (non-hydrogen) atoms. The van der Waals surface area contributed by atoms with Crippen LogP contribution in [0.1, 0.15) is 6.42 Å². The monoisotopic (exact) mass is 256 g/mol. The molecule has 0 bridgehead atoms. The fourth-order valence-corrected chi connectivity index (χ4v) is 1.14. The summed E-state index contributed by atoms with van der Waals surface area (Å²) in [6, 6.07) is 0. The highest BCUT2D eigenvalue weighted by Crippen LogP contribution is 2.16. The van der Waals surface area contributed by atoms with E-state index in [2.05, 4.69) is 0 Å². The van der Waals surface area contributed by atoms with Crippen LogP contribution < -0.4 is 0 Å². The second kappa shape index (κ2) is 6.43. The van der Waals surface area contributed by atoms with E-state index in [-0.39, 0.29) is 18.9 Å². The number of carboxylic acid groups (broad SMARTS) is 1. The quantitative estimate of drug-likeness (QED) is 0.748. The zero-order valence-corrected chi connectivity index (χ0v) is 9.62. The van der Waals surface area contributed by atoms with E-state index in [1.54, 1.807) is 0 Å². The number of hydrogen-bond acceptors (Lipinski definition) is 3. The van der Waals surface area contributed by atoms with Crippen LogP contribution in [0.3, 0.4) is 0 Å². The molecule has 0 aliphatic rings. The number of carboxylic acids is 1. The summed E-state index contributed by atoms with van der Waals surface area (Å²) in [5.41, 5.74) is 0. The molecule has 0 atom stereocenters. The Morgan fingerprint density at radius 1 is 1.24 bits per heavy atom. The Balaban J connectivity index is 4.29. The van der Waals surface area contributed by atoms with Crippen molar-refractivity contribution < 1.29 is 27.9 Å². The molecule has 0 aliphatic heterocycles. The zero-order chi connectivity index (χ0) is 13.6. The number of halogens is 3. The van der Waals surface area contributed by atoms with Crippen molar-refractivity contribution in [3.8, 4) is 0 Å². The molecular weight excluding hydrogens is 241 g/mol. The lowest BCUT2D eigenvalue weighted by molar-refractivity contribution is -0.155. The van der Waals surface area contributed by atoms with Gasteiger partial charge < -0.3 is 10.0 Å². The average molecular weight is 256 g/mol. The van der Waals surface area contributed by atoms with Crippen LogP contribution in [0, 0.1) is 0 Å². The van der Waals surface area contributed by atoms with E-state index in [9.17, 15) is 22.8 Å². The molecule has 0 aliphatic carbocycles. The molecule has 5 nitrogen and oxygen atoms in total. The summed E-state index contributed by atoms with van der Waals surface area (Å²) >= 11 is 0.